The Balaban J connectivity index is 1.38. The Kier molecular flexibility index (Phi) is 8.34. The van der Waals surface area contributed by atoms with Crippen LogP contribution in [0.15, 0.2) is 82.4 Å². The number of nitro benzene ring substituents is 1. The molecule has 1 unspecified atom stereocenters. The number of amides is 2. The normalized spacial score (nSPS) is 18.1. The number of carbonyl (C=O) groups is 3. The van der Waals surface area contributed by atoms with Gasteiger partial charge in [0, 0.05) is 17.0 Å². The summed E-state index contributed by atoms with van der Waals surface area (Å²) in [6.45, 7) is 1.49. The van der Waals surface area contributed by atoms with Crippen molar-refractivity contribution in [1.29, 1.82) is 0 Å². The first-order valence-corrected chi connectivity index (χ1v) is 15.8. The van der Waals surface area contributed by atoms with E-state index in [1.165, 1.54) is 47.7 Å². The van der Waals surface area contributed by atoms with Crippen molar-refractivity contribution in [3.63, 3.8) is 0 Å². The van der Waals surface area contributed by atoms with Crippen molar-refractivity contribution < 1.29 is 36.6 Å². The number of non-ortho nitro benzene ring substituents is 1. The van der Waals surface area contributed by atoms with Gasteiger partial charge in [0.1, 0.15) is 22.9 Å². The molecule has 0 aliphatic carbocycles. The third kappa shape index (κ3) is 6.17. The maximum absolute atomic E-state index is 13.3. The molecule has 1 aromatic heterocycles. The zero-order valence-corrected chi connectivity index (χ0v) is 24.4. The number of nitro groups is 1. The first-order chi connectivity index (χ1) is 20.0. The van der Waals surface area contributed by atoms with Gasteiger partial charge >= 0.3 is 16.1 Å². The van der Waals surface area contributed by atoms with Gasteiger partial charge in [-0.25, -0.2) is 4.79 Å². The Hall–Kier alpha value is -4.21. The summed E-state index contributed by atoms with van der Waals surface area (Å²) in [6, 6.07) is 13.9. The number of esters is 1. The average molecular weight is 630 g/mol. The molecule has 1 N–H and O–H groups in total. The Morgan fingerprint density at radius 3 is 2.48 bits per heavy atom. The van der Waals surface area contributed by atoms with Crippen LogP contribution < -0.4 is 5.32 Å². The van der Waals surface area contributed by atoms with Crippen LogP contribution in [0.4, 0.5) is 5.69 Å². The molecule has 2 atom stereocenters. The van der Waals surface area contributed by atoms with Crippen LogP contribution >= 0.6 is 23.1 Å². The van der Waals surface area contributed by atoms with Gasteiger partial charge in [-0.2, -0.15) is 8.42 Å². The van der Waals surface area contributed by atoms with Crippen LogP contribution in [0.3, 0.4) is 0 Å². The minimum atomic E-state index is -4.37. The van der Waals surface area contributed by atoms with E-state index in [0.717, 1.165) is 27.1 Å². The molecule has 3 aromatic rings. The van der Waals surface area contributed by atoms with Gasteiger partial charge in [0.05, 0.1) is 17.1 Å². The van der Waals surface area contributed by atoms with Crippen LogP contribution in [0, 0.1) is 17.0 Å². The standard InChI is InChI=1S/C27H23N3O9S3/c1-16-4-10-20(11-5-16)42(36,37)39-21-15-41-26-23(28-22(31)13-19-3-2-12-40-19)25(32)29(26)24(21)27(33)38-14-17-6-8-18(9-7-17)30(34)35/h2-12,23,26H,13-15H2,1H3,(H,28,31)/t23?,26-/m0/s1. The van der Waals surface area contributed by atoms with Crippen LogP contribution in [0.5, 0.6) is 0 Å². The van der Waals surface area contributed by atoms with E-state index >= 15 is 0 Å². The second kappa shape index (κ2) is 12.0. The second-order valence-electron chi connectivity index (χ2n) is 9.33. The topological polar surface area (TPSA) is 162 Å². The summed E-state index contributed by atoms with van der Waals surface area (Å²) in [7, 11) is -4.37. The van der Waals surface area contributed by atoms with Crippen molar-refractivity contribution in [1.82, 2.24) is 10.2 Å². The van der Waals surface area contributed by atoms with E-state index in [0.29, 0.717) is 5.56 Å². The number of benzene rings is 2. The molecule has 5 rings (SSSR count). The van der Waals surface area contributed by atoms with Gasteiger partial charge in [-0.05, 0) is 48.2 Å². The highest BCUT2D eigenvalue weighted by atomic mass is 32.2. The smallest absolute Gasteiger partial charge is 0.359 e. The summed E-state index contributed by atoms with van der Waals surface area (Å²) in [4.78, 5) is 51.3. The average Bonchev–Trinajstić information content (AvgIpc) is 3.47. The molecule has 0 bridgehead atoms. The third-order valence-corrected chi connectivity index (χ3v) is 9.79. The number of hydrogen-bond acceptors (Lipinski definition) is 11. The van der Waals surface area contributed by atoms with Gasteiger partial charge in [-0.15, -0.1) is 23.1 Å². The van der Waals surface area contributed by atoms with E-state index in [-0.39, 0.29) is 46.7 Å². The lowest BCUT2D eigenvalue weighted by Crippen LogP contribution is -2.70. The van der Waals surface area contributed by atoms with Crippen LogP contribution in [0.2, 0.25) is 0 Å². The molecule has 0 spiro atoms. The molecule has 0 saturated carbocycles. The molecule has 1 fully saturated rings. The fourth-order valence-electron chi connectivity index (χ4n) is 4.26. The fraction of sp³-hybridized carbons (Fsp3) is 0.222. The lowest BCUT2D eigenvalue weighted by Gasteiger charge is -2.49. The highest BCUT2D eigenvalue weighted by Crippen LogP contribution is 2.42. The zero-order valence-electron chi connectivity index (χ0n) is 21.9. The predicted octanol–water partition coefficient (Wildman–Crippen LogP) is 3.27. The number of nitrogens with zero attached hydrogens (tertiary/aromatic N) is 2. The van der Waals surface area contributed by atoms with Crippen LogP contribution in [0.1, 0.15) is 16.0 Å². The minimum Gasteiger partial charge on any atom is -0.456 e. The van der Waals surface area contributed by atoms with Gasteiger partial charge in [0.2, 0.25) is 5.91 Å². The predicted molar refractivity (Wildman–Crippen MR) is 152 cm³/mol. The van der Waals surface area contributed by atoms with Crippen LogP contribution in [-0.2, 0) is 46.4 Å². The van der Waals surface area contributed by atoms with E-state index in [1.807, 2.05) is 11.4 Å². The second-order valence-corrected chi connectivity index (χ2v) is 13.0. The van der Waals surface area contributed by atoms with E-state index in [1.54, 1.807) is 25.1 Å². The molecule has 3 heterocycles. The molecule has 1 saturated heterocycles. The van der Waals surface area contributed by atoms with Crippen molar-refractivity contribution in [3.8, 4) is 0 Å². The number of hydrogen-bond donors (Lipinski definition) is 1. The zero-order chi connectivity index (χ0) is 30.0. The molecule has 15 heteroatoms. The SMILES string of the molecule is Cc1ccc(S(=O)(=O)OC2=C(C(=O)OCc3ccc([N+](=O)[O-])cc3)N3C(=O)C(NC(=O)Cc4cccs4)[C@@H]3SC2)cc1. The summed E-state index contributed by atoms with van der Waals surface area (Å²) < 4.78 is 36.9. The lowest BCUT2D eigenvalue weighted by atomic mass is 10.0. The molecule has 2 aromatic carbocycles. The number of carbonyl (C=O) groups excluding carboxylic acids is 3. The summed E-state index contributed by atoms with van der Waals surface area (Å²) in [5, 5.41) is 14.8. The van der Waals surface area contributed by atoms with Gasteiger partial charge in [-0.1, -0.05) is 23.8 Å². The number of nitrogens with one attached hydrogen (secondary N) is 1. The Labute approximate surface area is 248 Å². The van der Waals surface area contributed by atoms with Crippen molar-refractivity contribution in [2.45, 2.75) is 36.3 Å². The summed E-state index contributed by atoms with van der Waals surface area (Å²) in [5.41, 5.74) is 0.734. The maximum atomic E-state index is 13.3. The summed E-state index contributed by atoms with van der Waals surface area (Å²) in [5.74, 6) is -2.40. The first kappa shape index (κ1) is 29.3. The number of ether oxygens (including phenoxy) is 1. The Morgan fingerprint density at radius 1 is 1.12 bits per heavy atom. The number of fused-ring (bicyclic) bond motifs is 1. The van der Waals surface area contributed by atoms with Crippen molar-refractivity contribution in [2.24, 2.45) is 0 Å². The Bertz CT molecular complexity index is 1670. The van der Waals surface area contributed by atoms with Crippen LogP contribution in [0.25, 0.3) is 0 Å². The number of rotatable bonds is 10. The maximum Gasteiger partial charge on any atom is 0.359 e. The molecule has 42 heavy (non-hydrogen) atoms. The molecule has 2 amide bonds. The van der Waals surface area contributed by atoms with Crippen molar-refractivity contribution >= 4 is 56.7 Å². The Morgan fingerprint density at radius 2 is 1.83 bits per heavy atom. The molecule has 2 aliphatic rings. The molecule has 218 valence electrons. The quantitative estimate of drug-likeness (QED) is 0.116. The number of thiophene rings is 1. The highest BCUT2D eigenvalue weighted by Gasteiger charge is 2.55. The monoisotopic (exact) mass is 629 g/mol. The third-order valence-electron chi connectivity index (χ3n) is 6.40. The van der Waals surface area contributed by atoms with E-state index in [9.17, 15) is 32.9 Å². The molecule has 12 nitrogen and oxygen atoms in total. The molecule has 0 radical (unpaired) electrons. The van der Waals surface area contributed by atoms with Gasteiger partial charge in [0.15, 0.2) is 11.5 Å². The number of β-lactam (4-membered cyclic amide) rings is 1. The van der Waals surface area contributed by atoms with Crippen molar-refractivity contribution in [3.05, 3.63) is 104 Å². The lowest BCUT2D eigenvalue weighted by molar-refractivity contribution is -0.384. The van der Waals surface area contributed by atoms with E-state index in [2.05, 4.69) is 5.32 Å². The molecular weight excluding hydrogens is 607 g/mol. The summed E-state index contributed by atoms with van der Waals surface area (Å²) >= 11 is 2.54. The van der Waals surface area contributed by atoms with Gasteiger partial charge in [0.25, 0.3) is 11.6 Å². The minimum absolute atomic E-state index is 0.0853. The molecule has 2 aliphatic heterocycles. The summed E-state index contributed by atoms with van der Waals surface area (Å²) in [6.07, 6.45) is 0.0853. The molecular formula is C27H23N3O9S3. The number of thioether (sulfide) groups is 1. The first-order valence-electron chi connectivity index (χ1n) is 12.4. The number of aryl methyl sites for hydroxylation is 1. The highest BCUT2D eigenvalue weighted by molar-refractivity contribution is 8.00. The fourth-order valence-corrected chi connectivity index (χ4v) is 7.26. The van der Waals surface area contributed by atoms with Crippen molar-refractivity contribution in [2.75, 3.05) is 5.75 Å². The van der Waals surface area contributed by atoms with E-state index < -0.39 is 38.3 Å². The van der Waals surface area contributed by atoms with Crippen LogP contribution in [-0.4, -0.2) is 53.2 Å². The van der Waals surface area contributed by atoms with Gasteiger partial charge in [-0.3, -0.25) is 24.6 Å². The largest absolute Gasteiger partial charge is 0.456 e. The van der Waals surface area contributed by atoms with Gasteiger partial charge < -0.3 is 14.2 Å². The van der Waals surface area contributed by atoms with E-state index in [4.69, 9.17) is 8.92 Å².